The molecular formula is C14H18FN3O. The van der Waals surface area contributed by atoms with Gasteiger partial charge in [0.25, 0.3) is 0 Å². The quantitative estimate of drug-likeness (QED) is 0.869. The highest BCUT2D eigenvalue weighted by molar-refractivity contribution is 5.43. The van der Waals surface area contributed by atoms with Crippen molar-refractivity contribution in [2.24, 2.45) is 0 Å². The zero-order chi connectivity index (χ0) is 13.7. The minimum atomic E-state index is -0.273. The molecule has 0 aliphatic carbocycles. The average Bonchev–Trinajstić information content (AvgIpc) is 2.92. The summed E-state index contributed by atoms with van der Waals surface area (Å²) >= 11 is 0. The maximum Gasteiger partial charge on any atom is 0.170 e. The first-order valence-corrected chi connectivity index (χ1v) is 6.31. The van der Waals surface area contributed by atoms with Crippen LogP contribution in [-0.2, 0) is 13.1 Å². The van der Waals surface area contributed by atoms with Crippen molar-refractivity contribution in [2.75, 3.05) is 18.5 Å². The van der Waals surface area contributed by atoms with Crippen LogP contribution in [-0.4, -0.2) is 18.6 Å². The van der Waals surface area contributed by atoms with Crippen LogP contribution in [0, 0.1) is 5.82 Å². The highest BCUT2D eigenvalue weighted by Gasteiger charge is 2.16. The number of halogens is 1. The minimum absolute atomic E-state index is 0.273. The fraction of sp³-hybridized carbons (Fsp3) is 0.357. The second-order valence-corrected chi connectivity index (χ2v) is 4.23. The van der Waals surface area contributed by atoms with Gasteiger partial charge in [-0.15, -0.1) is 0 Å². The number of hydrogen-bond donors (Lipinski definition) is 1. The maximum atomic E-state index is 14.4. The van der Waals surface area contributed by atoms with Crippen molar-refractivity contribution >= 4 is 5.82 Å². The molecule has 0 spiro atoms. The lowest BCUT2D eigenvalue weighted by Gasteiger charge is -2.22. The number of rotatable bonds is 6. The zero-order valence-corrected chi connectivity index (χ0v) is 11.2. The molecule has 2 rings (SSSR count). The van der Waals surface area contributed by atoms with Crippen molar-refractivity contribution in [1.82, 2.24) is 10.3 Å². The molecule has 0 atom stereocenters. The molecular weight excluding hydrogens is 245 g/mol. The van der Waals surface area contributed by atoms with Crippen LogP contribution >= 0.6 is 0 Å². The third-order valence-electron chi connectivity index (χ3n) is 2.93. The van der Waals surface area contributed by atoms with Crippen LogP contribution in [0.25, 0.3) is 0 Å². The second-order valence-electron chi connectivity index (χ2n) is 4.23. The van der Waals surface area contributed by atoms with E-state index in [-0.39, 0.29) is 5.82 Å². The van der Waals surface area contributed by atoms with E-state index >= 15 is 0 Å². The van der Waals surface area contributed by atoms with Gasteiger partial charge >= 0.3 is 0 Å². The summed E-state index contributed by atoms with van der Waals surface area (Å²) in [5.74, 6) is 0.888. The summed E-state index contributed by atoms with van der Waals surface area (Å²) in [6.45, 7) is 3.62. The van der Waals surface area contributed by atoms with Crippen molar-refractivity contribution < 1.29 is 8.81 Å². The first kappa shape index (κ1) is 13.5. The van der Waals surface area contributed by atoms with E-state index in [1.54, 1.807) is 25.6 Å². The Morgan fingerprint density at radius 1 is 1.42 bits per heavy atom. The molecule has 102 valence electrons. The molecule has 0 amide bonds. The monoisotopic (exact) mass is 263 g/mol. The van der Waals surface area contributed by atoms with Gasteiger partial charge in [-0.3, -0.25) is 0 Å². The van der Waals surface area contributed by atoms with Gasteiger partial charge in [-0.1, -0.05) is 0 Å². The predicted molar refractivity (Wildman–Crippen MR) is 72.4 cm³/mol. The van der Waals surface area contributed by atoms with Crippen LogP contribution in [0.15, 0.2) is 35.1 Å². The van der Waals surface area contributed by atoms with E-state index in [2.05, 4.69) is 10.3 Å². The largest absolute Gasteiger partial charge is 0.467 e. The Morgan fingerprint density at radius 3 is 2.89 bits per heavy atom. The van der Waals surface area contributed by atoms with Gasteiger partial charge in [0.1, 0.15) is 5.76 Å². The molecule has 0 aliphatic heterocycles. The first-order valence-electron chi connectivity index (χ1n) is 6.31. The van der Waals surface area contributed by atoms with E-state index in [0.717, 1.165) is 5.76 Å². The number of nitrogens with zero attached hydrogens (tertiary/aromatic N) is 2. The molecule has 4 nitrogen and oxygen atoms in total. The summed E-state index contributed by atoms with van der Waals surface area (Å²) in [6.07, 6.45) is 3.25. The maximum absolute atomic E-state index is 14.4. The number of anilines is 1. The van der Waals surface area contributed by atoms with Crippen LogP contribution in [0.4, 0.5) is 10.2 Å². The van der Waals surface area contributed by atoms with Gasteiger partial charge in [0.2, 0.25) is 0 Å². The Labute approximate surface area is 112 Å². The van der Waals surface area contributed by atoms with E-state index in [0.29, 0.717) is 31.0 Å². The lowest BCUT2D eigenvalue weighted by Crippen LogP contribution is -2.24. The van der Waals surface area contributed by atoms with Gasteiger partial charge in [0, 0.05) is 24.8 Å². The second kappa shape index (κ2) is 6.33. The summed E-state index contributed by atoms with van der Waals surface area (Å²) in [7, 11) is 1.79. The molecule has 0 aromatic carbocycles. The van der Waals surface area contributed by atoms with E-state index in [9.17, 15) is 4.39 Å². The molecule has 19 heavy (non-hydrogen) atoms. The van der Waals surface area contributed by atoms with E-state index < -0.39 is 0 Å². The molecule has 2 aromatic rings. The summed E-state index contributed by atoms with van der Waals surface area (Å²) in [6, 6.07) is 5.39. The molecule has 2 heterocycles. The van der Waals surface area contributed by atoms with Crippen molar-refractivity contribution in [1.29, 1.82) is 0 Å². The number of nitrogens with one attached hydrogen (secondary N) is 1. The lowest BCUT2D eigenvalue weighted by molar-refractivity contribution is 0.499. The summed E-state index contributed by atoms with van der Waals surface area (Å²) in [5.41, 5.74) is 0.616. The third-order valence-corrected chi connectivity index (χ3v) is 2.93. The fourth-order valence-corrected chi connectivity index (χ4v) is 1.95. The van der Waals surface area contributed by atoms with E-state index in [1.807, 2.05) is 24.0 Å². The van der Waals surface area contributed by atoms with Gasteiger partial charge < -0.3 is 14.6 Å². The van der Waals surface area contributed by atoms with Crippen molar-refractivity contribution in [2.45, 2.75) is 20.0 Å². The third kappa shape index (κ3) is 3.12. The van der Waals surface area contributed by atoms with Crippen molar-refractivity contribution in [3.05, 3.63) is 47.8 Å². The number of aromatic nitrogens is 1. The summed E-state index contributed by atoms with van der Waals surface area (Å²) in [4.78, 5) is 6.01. The Balaban J connectivity index is 2.25. The van der Waals surface area contributed by atoms with Crippen LogP contribution in [0.5, 0.6) is 0 Å². The van der Waals surface area contributed by atoms with Crippen molar-refractivity contribution in [3.63, 3.8) is 0 Å². The summed E-state index contributed by atoms with van der Waals surface area (Å²) < 4.78 is 19.7. The van der Waals surface area contributed by atoms with Crippen LogP contribution < -0.4 is 10.2 Å². The van der Waals surface area contributed by atoms with Gasteiger partial charge in [-0.05, 0) is 32.2 Å². The Hall–Kier alpha value is -1.88. The van der Waals surface area contributed by atoms with Gasteiger partial charge in [-0.25, -0.2) is 9.37 Å². The van der Waals surface area contributed by atoms with Crippen LogP contribution in [0.3, 0.4) is 0 Å². The minimum Gasteiger partial charge on any atom is -0.467 e. The Bertz CT molecular complexity index is 513. The molecule has 0 bridgehead atoms. The summed E-state index contributed by atoms with van der Waals surface area (Å²) in [5, 5.41) is 2.95. The Kier molecular flexibility index (Phi) is 4.52. The van der Waals surface area contributed by atoms with Gasteiger partial charge in [-0.2, -0.15) is 0 Å². The molecule has 0 saturated heterocycles. The molecule has 0 saturated carbocycles. The lowest BCUT2D eigenvalue weighted by atomic mass is 10.2. The first-order chi connectivity index (χ1) is 9.26. The van der Waals surface area contributed by atoms with Gasteiger partial charge in [0.05, 0.1) is 12.8 Å². The van der Waals surface area contributed by atoms with E-state index in [4.69, 9.17) is 4.42 Å². The molecule has 0 unspecified atom stereocenters. The molecule has 1 N–H and O–H groups in total. The number of pyridine rings is 1. The highest BCUT2D eigenvalue weighted by Crippen LogP contribution is 2.21. The number of hydrogen-bond acceptors (Lipinski definition) is 4. The molecule has 0 fully saturated rings. The smallest absolute Gasteiger partial charge is 0.170 e. The standard InChI is InChI=1S/C14H18FN3O/c1-3-18(10-12-5-4-8-19-12)14-13(15)11(9-16-2)6-7-17-14/h4-8,16H,3,9-10H2,1-2H3. The van der Waals surface area contributed by atoms with Gasteiger partial charge in [0.15, 0.2) is 11.6 Å². The molecule has 5 heteroatoms. The Morgan fingerprint density at radius 2 is 2.26 bits per heavy atom. The normalized spacial score (nSPS) is 10.7. The van der Waals surface area contributed by atoms with Crippen LogP contribution in [0.2, 0.25) is 0 Å². The average molecular weight is 263 g/mol. The molecule has 0 radical (unpaired) electrons. The fourth-order valence-electron chi connectivity index (χ4n) is 1.95. The predicted octanol–water partition coefficient (Wildman–Crippen LogP) is 2.56. The SMILES string of the molecule is CCN(Cc1ccco1)c1nccc(CNC)c1F. The van der Waals surface area contributed by atoms with Crippen molar-refractivity contribution in [3.8, 4) is 0 Å². The zero-order valence-electron chi connectivity index (χ0n) is 11.2. The molecule has 0 aliphatic rings. The van der Waals surface area contributed by atoms with Crippen LogP contribution in [0.1, 0.15) is 18.2 Å². The number of furan rings is 1. The highest BCUT2D eigenvalue weighted by atomic mass is 19.1. The topological polar surface area (TPSA) is 41.3 Å². The molecule has 2 aromatic heterocycles. The van der Waals surface area contributed by atoms with E-state index in [1.165, 1.54) is 0 Å².